The number of nitrogens with zero attached hydrogens (tertiary/aromatic N) is 2. The van der Waals surface area contributed by atoms with E-state index < -0.39 is 0 Å². The van der Waals surface area contributed by atoms with Crippen LogP contribution < -0.4 is 15.1 Å². The Kier molecular flexibility index (Phi) is 5.56. The lowest BCUT2D eigenvalue weighted by Gasteiger charge is -2.33. The normalized spacial score (nSPS) is 20.2. The summed E-state index contributed by atoms with van der Waals surface area (Å²) in [6.07, 6.45) is 2.60. The molecule has 0 radical (unpaired) electrons. The van der Waals surface area contributed by atoms with Crippen LogP contribution in [-0.2, 0) is 9.59 Å². The Morgan fingerprint density at radius 3 is 2.38 bits per heavy atom. The Hall–Kier alpha value is -2.82. The first kappa shape index (κ1) is 19.5. The molecule has 2 aliphatic heterocycles. The molecule has 0 spiro atoms. The van der Waals surface area contributed by atoms with Gasteiger partial charge in [0.15, 0.2) is 0 Å². The number of anilines is 3. The SMILES string of the molecule is Cc1ccccc1N1C[C@H](C(=O)Nc2ccccc2N2CCC(C)CC2)CC1=O. The quantitative estimate of drug-likeness (QED) is 0.849. The van der Waals surface area contributed by atoms with Crippen molar-refractivity contribution in [1.29, 1.82) is 0 Å². The summed E-state index contributed by atoms with van der Waals surface area (Å²) in [5.74, 6) is 0.353. The van der Waals surface area contributed by atoms with Gasteiger partial charge in [-0.3, -0.25) is 9.59 Å². The Labute approximate surface area is 172 Å². The number of hydrogen-bond acceptors (Lipinski definition) is 3. The Morgan fingerprint density at radius 1 is 1.00 bits per heavy atom. The molecule has 29 heavy (non-hydrogen) atoms. The minimum absolute atomic E-state index is 0.0118. The number of nitrogens with one attached hydrogen (secondary N) is 1. The lowest BCUT2D eigenvalue weighted by atomic mass is 9.98. The molecule has 5 heteroatoms. The van der Waals surface area contributed by atoms with Crippen LogP contribution >= 0.6 is 0 Å². The zero-order valence-electron chi connectivity index (χ0n) is 17.2. The molecule has 1 N–H and O–H groups in total. The van der Waals surface area contributed by atoms with Crippen LogP contribution in [0, 0.1) is 18.8 Å². The fraction of sp³-hybridized carbons (Fsp3) is 0.417. The van der Waals surface area contributed by atoms with E-state index in [0.29, 0.717) is 6.54 Å². The van der Waals surface area contributed by atoms with Gasteiger partial charge >= 0.3 is 0 Å². The fourth-order valence-corrected chi connectivity index (χ4v) is 4.32. The number of para-hydroxylation sites is 3. The molecule has 0 unspecified atom stereocenters. The van der Waals surface area contributed by atoms with E-state index in [0.717, 1.165) is 41.6 Å². The highest BCUT2D eigenvalue weighted by atomic mass is 16.2. The molecule has 152 valence electrons. The van der Waals surface area contributed by atoms with Crippen LogP contribution in [0.3, 0.4) is 0 Å². The highest BCUT2D eigenvalue weighted by molar-refractivity contribution is 6.04. The molecule has 5 nitrogen and oxygen atoms in total. The maximum atomic E-state index is 13.0. The third-order valence-corrected chi connectivity index (χ3v) is 6.19. The van der Waals surface area contributed by atoms with Crippen molar-refractivity contribution in [1.82, 2.24) is 0 Å². The van der Waals surface area contributed by atoms with Crippen molar-refractivity contribution in [2.75, 3.05) is 34.8 Å². The van der Waals surface area contributed by atoms with Crippen molar-refractivity contribution < 1.29 is 9.59 Å². The molecule has 2 aliphatic rings. The van der Waals surface area contributed by atoms with Crippen molar-refractivity contribution in [2.45, 2.75) is 33.1 Å². The first-order chi connectivity index (χ1) is 14.0. The van der Waals surface area contributed by atoms with Crippen LogP contribution in [-0.4, -0.2) is 31.4 Å². The van der Waals surface area contributed by atoms with E-state index in [1.165, 1.54) is 12.8 Å². The number of carbonyl (C=O) groups is 2. The first-order valence-electron chi connectivity index (χ1n) is 10.5. The molecule has 0 bridgehead atoms. The van der Waals surface area contributed by atoms with E-state index in [1.54, 1.807) is 4.90 Å². The van der Waals surface area contributed by atoms with Gasteiger partial charge in [0.2, 0.25) is 11.8 Å². The zero-order valence-corrected chi connectivity index (χ0v) is 17.2. The number of hydrogen-bond donors (Lipinski definition) is 1. The summed E-state index contributed by atoms with van der Waals surface area (Å²) in [6.45, 7) is 6.74. The summed E-state index contributed by atoms with van der Waals surface area (Å²) in [6, 6.07) is 15.8. The van der Waals surface area contributed by atoms with Crippen LogP contribution in [0.2, 0.25) is 0 Å². The van der Waals surface area contributed by atoms with E-state index in [-0.39, 0.29) is 24.2 Å². The molecule has 0 aliphatic carbocycles. The third kappa shape index (κ3) is 4.14. The van der Waals surface area contributed by atoms with Crippen LogP contribution in [0.4, 0.5) is 17.1 Å². The monoisotopic (exact) mass is 391 g/mol. The van der Waals surface area contributed by atoms with E-state index >= 15 is 0 Å². The van der Waals surface area contributed by atoms with Gasteiger partial charge in [0, 0.05) is 31.7 Å². The third-order valence-electron chi connectivity index (χ3n) is 6.19. The first-order valence-corrected chi connectivity index (χ1v) is 10.5. The van der Waals surface area contributed by atoms with Crippen molar-refractivity contribution in [3.8, 4) is 0 Å². The fourth-order valence-electron chi connectivity index (χ4n) is 4.32. The molecule has 0 aromatic heterocycles. The number of aryl methyl sites for hydroxylation is 1. The van der Waals surface area contributed by atoms with Crippen molar-refractivity contribution >= 4 is 28.9 Å². The van der Waals surface area contributed by atoms with Gasteiger partial charge in [-0.2, -0.15) is 0 Å². The summed E-state index contributed by atoms with van der Waals surface area (Å²) in [7, 11) is 0. The van der Waals surface area contributed by atoms with Crippen LogP contribution in [0.25, 0.3) is 0 Å². The van der Waals surface area contributed by atoms with Crippen molar-refractivity contribution in [3.05, 3.63) is 54.1 Å². The summed E-state index contributed by atoms with van der Waals surface area (Å²) in [4.78, 5) is 29.7. The van der Waals surface area contributed by atoms with E-state index in [9.17, 15) is 9.59 Å². The maximum absolute atomic E-state index is 13.0. The van der Waals surface area contributed by atoms with Gasteiger partial charge in [0.05, 0.1) is 17.3 Å². The van der Waals surface area contributed by atoms with E-state index in [2.05, 4.69) is 23.2 Å². The Balaban J connectivity index is 1.47. The number of rotatable bonds is 4. The van der Waals surface area contributed by atoms with E-state index in [4.69, 9.17) is 0 Å². The number of amides is 2. The predicted molar refractivity (Wildman–Crippen MR) is 117 cm³/mol. The topological polar surface area (TPSA) is 52.7 Å². The number of carbonyl (C=O) groups excluding carboxylic acids is 2. The zero-order chi connectivity index (χ0) is 20.4. The number of benzene rings is 2. The second-order valence-electron chi connectivity index (χ2n) is 8.37. The molecular formula is C24H29N3O2. The molecular weight excluding hydrogens is 362 g/mol. The molecule has 2 heterocycles. The van der Waals surface area contributed by atoms with Gasteiger partial charge < -0.3 is 15.1 Å². The van der Waals surface area contributed by atoms with Gasteiger partial charge in [-0.05, 0) is 49.4 Å². The summed E-state index contributed by atoms with van der Waals surface area (Å²) in [5.41, 5.74) is 3.86. The molecule has 1 atom stereocenters. The minimum Gasteiger partial charge on any atom is -0.370 e. The van der Waals surface area contributed by atoms with E-state index in [1.807, 2.05) is 49.4 Å². The molecule has 0 saturated carbocycles. The second-order valence-corrected chi connectivity index (χ2v) is 8.37. The average molecular weight is 392 g/mol. The standard InChI is InChI=1S/C24H29N3O2/c1-17-11-13-26(14-12-17)22-10-6-4-8-20(22)25-24(29)19-15-23(28)27(16-19)21-9-5-3-7-18(21)2/h3-10,17,19H,11-16H2,1-2H3,(H,25,29)/t19-/m1/s1. The van der Waals surface area contributed by atoms with Crippen LogP contribution in [0.5, 0.6) is 0 Å². The lowest BCUT2D eigenvalue weighted by Crippen LogP contribution is -2.34. The van der Waals surface area contributed by atoms with Gasteiger partial charge in [0.1, 0.15) is 0 Å². The molecule has 2 aromatic carbocycles. The van der Waals surface area contributed by atoms with Gasteiger partial charge in [-0.15, -0.1) is 0 Å². The molecule has 2 fully saturated rings. The van der Waals surface area contributed by atoms with Crippen molar-refractivity contribution in [3.63, 3.8) is 0 Å². The molecule has 2 aromatic rings. The highest BCUT2D eigenvalue weighted by Gasteiger charge is 2.36. The summed E-state index contributed by atoms with van der Waals surface area (Å²) < 4.78 is 0. The minimum atomic E-state index is -0.337. The van der Waals surface area contributed by atoms with Crippen molar-refractivity contribution in [2.24, 2.45) is 11.8 Å². The van der Waals surface area contributed by atoms with Gasteiger partial charge in [-0.1, -0.05) is 37.3 Å². The molecule has 2 saturated heterocycles. The average Bonchev–Trinajstić information content (AvgIpc) is 3.11. The lowest BCUT2D eigenvalue weighted by molar-refractivity contribution is -0.122. The Morgan fingerprint density at radius 2 is 1.66 bits per heavy atom. The van der Waals surface area contributed by atoms with Gasteiger partial charge in [0.25, 0.3) is 0 Å². The maximum Gasteiger partial charge on any atom is 0.229 e. The second kappa shape index (κ2) is 8.27. The van der Waals surface area contributed by atoms with Crippen LogP contribution in [0.15, 0.2) is 48.5 Å². The van der Waals surface area contributed by atoms with Gasteiger partial charge in [-0.25, -0.2) is 0 Å². The summed E-state index contributed by atoms with van der Waals surface area (Å²) in [5, 5.41) is 3.11. The molecule has 2 amide bonds. The predicted octanol–water partition coefficient (Wildman–Crippen LogP) is 4.22. The molecule has 4 rings (SSSR count). The van der Waals surface area contributed by atoms with Crippen LogP contribution in [0.1, 0.15) is 31.7 Å². The Bertz CT molecular complexity index is 903. The summed E-state index contributed by atoms with van der Waals surface area (Å²) >= 11 is 0. The largest absolute Gasteiger partial charge is 0.370 e. The smallest absolute Gasteiger partial charge is 0.229 e. The highest BCUT2D eigenvalue weighted by Crippen LogP contribution is 2.32. The number of piperidine rings is 1.